The van der Waals surface area contributed by atoms with Crippen LogP contribution in [0.25, 0.3) is 6.08 Å². The molecule has 1 aliphatic heterocycles. The largest absolute Gasteiger partial charge is 0.493 e. The molecule has 4 rings (SSSR count). The van der Waals surface area contributed by atoms with Crippen molar-refractivity contribution in [1.82, 2.24) is 4.57 Å². The number of ether oxygens (including phenoxy) is 6. The van der Waals surface area contributed by atoms with Gasteiger partial charge < -0.3 is 28.4 Å². The summed E-state index contributed by atoms with van der Waals surface area (Å²) in [5.41, 5.74) is 1.51. The normalized spacial score (nSPS) is 14.4. The van der Waals surface area contributed by atoms with Crippen LogP contribution in [0.4, 0.5) is 0 Å². The summed E-state index contributed by atoms with van der Waals surface area (Å²) >= 11 is 4.70. The van der Waals surface area contributed by atoms with Crippen molar-refractivity contribution >= 4 is 39.3 Å². The number of halogens is 1. The maximum absolute atomic E-state index is 14.1. The first-order valence-electron chi connectivity index (χ1n) is 13.2. The number of hydrogen-bond acceptors (Lipinski definition) is 10. The Bertz CT molecular complexity index is 1770. The molecule has 0 saturated heterocycles. The van der Waals surface area contributed by atoms with Gasteiger partial charge in [0.1, 0.15) is 19.3 Å². The van der Waals surface area contributed by atoms with Crippen LogP contribution >= 0.6 is 27.3 Å². The number of carbonyl (C=O) groups excluding carboxylic acids is 1. The second kappa shape index (κ2) is 14.4. The summed E-state index contributed by atoms with van der Waals surface area (Å²) in [4.78, 5) is 32.7. The van der Waals surface area contributed by atoms with E-state index in [0.29, 0.717) is 60.2 Å². The number of esters is 1. The number of nitrogens with zero attached hydrogens (tertiary/aromatic N) is 2. The SMILES string of the molecule is C#CCOc1c(Br)cc(/C=c2/sc3n(c2=O)[C@H](c2cccc(OC)c2OCC)C(C(=O)OCCOC)=C(C)N=3)cc1OC. The molecule has 0 spiro atoms. The highest BCUT2D eigenvalue weighted by Gasteiger charge is 2.36. The molecule has 43 heavy (non-hydrogen) atoms. The molecule has 1 aromatic heterocycles. The van der Waals surface area contributed by atoms with Gasteiger partial charge in [0.25, 0.3) is 5.56 Å². The first kappa shape index (κ1) is 31.9. The zero-order valence-corrected chi connectivity index (χ0v) is 26.8. The van der Waals surface area contributed by atoms with Crippen molar-refractivity contribution in [3.05, 3.63) is 76.9 Å². The first-order valence-corrected chi connectivity index (χ1v) is 14.8. The standard InChI is InChI=1S/C31H31BrN2O8S/c1-7-12-41-28-21(32)15-19(16-23(28)39-6)17-24-29(35)34-26(20-10-9-11-22(38-5)27(20)40-8-2)25(18(3)33-31(34)43-24)30(36)42-14-13-37-4/h1,9-11,15-17,26H,8,12-14H2,2-6H3/b24-17+/t26-/m1/s1. The predicted molar refractivity (Wildman–Crippen MR) is 166 cm³/mol. The van der Waals surface area contributed by atoms with Crippen LogP contribution in [-0.2, 0) is 14.3 Å². The fourth-order valence-electron chi connectivity index (χ4n) is 4.61. The molecule has 0 aliphatic carbocycles. The van der Waals surface area contributed by atoms with Gasteiger partial charge in [0, 0.05) is 12.7 Å². The van der Waals surface area contributed by atoms with Crippen molar-refractivity contribution in [1.29, 1.82) is 0 Å². The van der Waals surface area contributed by atoms with Crippen molar-refractivity contribution in [3.8, 4) is 35.3 Å². The van der Waals surface area contributed by atoms with Gasteiger partial charge in [0.05, 0.1) is 47.7 Å². The number of methoxy groups -OCH3 is 3. The minimum atomic E-state index is -0.897. The second-order valence-corrected chi connectivity index (χ2v) is 10.9. The summed E-state index contributed by atoms with van der Waals surface area (Å²) in [6.45, 7) is 4.22. The van der Waals surface area contributed by atoms with E-state index < -0.39 is 12.0 Å². The molecule has 226 valence electrons. The Hall–Kier alpha value is -4.05. The monoisotopic (exact) mass is 670 g/mol. The number of thiazole rings is 1. The Labute approximate surface area is 261 Å². The van der Waals surface area contributed by atoms with Gasteiger partial charge in [-0.05, 0) is 59.6 Å². The molecular formula is C31H31BrN2O8S. The number of benzene rings is 2. The number of aromatic nitrogens is 1. The lowest BCUT2D eigenvalue weighted by molar-refractivity contribution is -0.140. The topological polar surface area (TPSA) is 107 Å². The number of hydrogen-bond donors (Lipinski definition) is 0. The highest BCUT2D eigenvalue weighted by atomic mass is 79.9. The highest BCUT2D eigenvalue weighted by molar-refractivity contribution is 9.10. The number of fused-ring (bicyclic) bond motifs is 1. The molecule has 0 bridgehead atoms. The molecule has 3 aromatic rings. The Morgan fingerprint density at radius 3 is 2.58 bits per heavy atom. The van der Waals surface area contributed by atoms with Gasteiger partial charge in [-0.1, -0.05) is 29.4 Å². The Morgan fingerprint density at radius 1 is 1.14 bits per heavy atom. The molecule has 12 heteroatoms. The number of para-hydroxylation sites is 1. The maximum atomic E-state index is 14.1. The molecule has 1 aliphatic rings. The molecule has 0 amide bonds. The van der Waals surface area contributed by atoms with E-state index in [-0.39, 0.29) is 31.0 Å². The van der Waals surface area contributed by atoms with E-state index in [1.807, 2.05) is 6.92 Å². The third-order valence-corrected chi connectivity index (χ3v) is 8.00. The van der Waals surface area contributed by atoms with Crippen LogP contribution in [0.3, 0.4) is 0 Å². The maximum Gasteiger partial charge on any atom is 0.338 e. The highest BCUT2D eigenvalue weighted by Crippen LogP contribution is 2.41. The average Bonchev–Trinajstić information content (AvgIpc) is 3.29. The van der Waals surface area contributed by atoms with E-state index in [2.05, 4.69) is 26.8 Å². The van der Waals surface area contributed by atoms with E-state index in [9.17, 15) is 9.59 Å². The Morgan fingerprint density at radius 2 is 1.91 bits per heavy atom. The van der Waals surface area contributed by atoms with Gasteiger partial charge in [-0.15, -0.1) is 6.42 Å². The van der Waals surface area contributed by atoms with Gasteiger partial charge in [-0.3, -0.25) is 9.36 Å². The van der Waals surface area contributed by atoms with Gasteiger partial charge in [-0.2, -0.15) is 0 Å². The summed E-state index contributed by atoms with van der Waals surface area (Å²) in [7, 11) is 4.56. The lowest BCUT2D eigenvalue weighted by Gasteiger charge is -2.27. The lowest BCUT2D eigenvalue weighted by Crippen LogP contribution is -2.40. The van der Waals surface area contributed by atoms with E-state index >= 15 is 0 Å². The zero-order valence-electron chi connectivity index (χ0n) is 24.4. The molecule has 0 radical (unpaired) electrons. The van der Waals surface area contributed by atoms with Crippen LogP contribution in [0.2, 0.25) is 0 Å². The van der Waals surface area contributed by atoms with Crippen LogP contribution in [0.15, 0.2) is 55.9 Å². The molecule has 0 N–H and O–H groups in total. The zero-order chi connectivity index (χ0) is 31.1. The Balaban J connectivity index is 1.94. The van der Waals surface area contributed by atoms with Gasteiger partial charge in [0.2, 0.25) is 0 Å². The first-order chi connectivity index (χ1) is 20.8. The minimum Gasteiger partial charge on any atom is -0.493 e. The van der Waals surface area contributed by atoms with Gasteiger partial charge >= 0.3 is 5.97 Å². The summed E-state index contributed by atoms with van der Waals surface area (Å²) in [5.74, 6) is 3.59. The average molecular weight is 672 g/mol. The van der Waals surface area contributed by atoms with Crippen molar-refractivity contribution in [3.63, 3.8) is 0 Å². The van der Waals surface area contributed by atoms with Crippen molar-refractivity contribution < 1.29 is 33.2 Å². The Kier molecular flexibility index (Phi) is 10.7. The summed E-state index contributed by atoms with van der Waals surface area (Å²) in [5, 5.41) is 0. The molecule has 0 unspecified atom stereocenters. The molecule has 2 aromatic carbocycles. The molecular weight excluding hydrogens is 640 g/mol. The van der Waals surface area contributed by atoms with Crippen LogP contribution in [-0.4, -0.2) is 58.3 Å². The van der Waals surface area contributed by atoms with Crippen LogP contribution in [0.1, 0.15) is 31.0 Å². The predicted octanol–water partition coefficient (Wildman–Crippen LogP) is 3.62. The second-order valence-electron chi connectivity index (χ2n) is 9.05. The molecule has 2 heterocycles. The van der Waals surface area contributed by atoms with Crippen molar-refractivity contribution in [2.24, 2.45) is 4.99 Å². The van der Waals surface area contributed by atoms with E-state index in [1.54, 1.807) is 43.3 Å². The van der Waals surface area contributed by atoms with Gasteiger partial charge in [-0.25, -0.2) is 9.79 Å². The number of terminal acetylenes is 1. The molecule has 0 fully saturated rings. The van der Waals surface area contributed by atoms with Gasteiger partial charge in [0.15, 0.2) is 27.8 Å². The summed E-state index contributed by atoms with van der Waals surface area (Å²) in [6, 6.07) is 7.98. The van der Waals surface area contributed by atoms with Crippen molar-refractivity contribution in [2.45, 2.75) is 19.9 Å². The quantitative estimate of drug-likeness (QED) is 0.164. The summed E-state index contributed by atoms with van der Waals surface area (Å²) < 4.78 is 35.7. The third kappa shape index (κ3) is 6.64. The molecule has 1 atom stereocenters. The fourth-order valence-corrected chi connectivity index (χ4v) is 6.23. The van der Waals surface area contributed by atoms with Crippen LogP contribution in [0, 0.1) is 12.3 Å². The number of allylic oxidation sites excluding steroid dienone is 1. The molecule has 0 saturated carbocycles. The fraction of sp³-hybridized carbons (Fsp3) is 0.323. The van der Waals surface area contributed by atoms with Crippen molar-refractivity contribution in [2.75, 3.05) is 47.8 Å². The number of carbonyl (C=O) groups is 1. The van der Waals surface area contributed by atoms with E-state index in [1.165, 1.54) is 37.2 Å². The number of rotatable bonds is 12. The van der Waals surface area contributed by atoms with Crippen LogP contribution in [0.5, 0.6) is 23.0 Å². The lowest BCUT2D eigenvalue weighted by atomic mass is 9.94. The van der Waals surface area contributed by atoms with E-state index in [0.717, 1.165) is 0 Å². The van der Waals surface area contributed by atoms with Crippen LogP contribution < -0.4 is 33.8 Å². The smallest absolute Gasteiger partial charge is 0.338 e. The third-order valence-electron chi connectivity index (χ3n) is 6.42. The summed E-state index contributed by atoms with van der Waals surface area (Å²) in [6.07, 6.45) is 7.07. The minimum absolute atomic E-state index is 0.0391. The van der Waals surface area contributed by atoms with E-state index in [4.69, 9.17) is 34.8 Å². The molecule has 10 nitrogen and oxygen atoms in total.